The molecule has 35 heavy (non-hydrogen) atoms. The number of ether oxygens (including phenoxy) is 2. The van der Waals surface area contributed by atoms with Gasteiger partial charge in [0, 0.05) is 0 Å². The summed E-state index contributed by atoms with van der Waals surface area (Å²) in [5.74, 6) is -1.57. The molecule has 1 aliphatic rings. The van der Waals surface area contributed by atoms with E-state index in [-0.39, 0.29) is 15.3 Å². The molecule has 0 spiro atoms. The van der Waals surface area contributed by atoms with Crippen LogP contribution in [-0.4, -0.2) is 50.9 Å². The van der Waals surface area contributed by atoms with Gasteiger partial charge in [-0.2, -0.15) is 0 Å². The Morgan fingerprint density at radius 1 is 1.20 bits per heavy atom. The Morgan fingerprint density at radius 2 is 1.91 bits per heavy atom. The van der Waals surface area contributed by atoms with Crippen LogP contribution in [0, 0.1) is 0 Å². The molecule has 192 valence electrons. The van der Waals surface area contributed by atoms with Crippen LogP contribution in [0.25, 0.3) is 6.08 Å². The predicted molar refractivity (Wildman–Crippen MR) is 141 cm³/mol. The van der Waals surface area contributed by atoms with E-state index in [2.05, 4.69) is 6.92 Å². The zero-order valence-electron chi connectivity index (χ0n) is 20.5. The van der Waals surface area contributed by atoms with Crippen LogP contribution in [0.15, 0.2) is 23.1 Å². The summed E-state index contributed by atoms with van der Waals surface area (Å²) in [4.78, 5) is 37.0. The number of nitrogens with two attached hydrogens (primary N) is 1. The van der Waals surface area contributed by atoms with E-state index in [0.717, 1.165) is 29.5 Å². The van der Waals surface area contributed by atoms with Gasteiger partial charge in [-0.1, -0.05) is 62.7 Å². The first-order valence-electron chi connectivity index (χ1n) is 11.9. The summed E-state index contributed by atoms with van der Waals surface area (Å²) in [7, 11) is 0. The van der Waals surface area contributed by atoms with E-state index >= 15 is 0 Å². The van der Waals surface area contributed by atoms with E-state index < -0.39 is 30.2 Å². The average Bonchev–Trinajstić information content (AvgIpc) is 3.06. The second kappa shape index (κ2) is 14.1. The molecule has 2 amide bonds. The Balaban J connectivity index is 2.16. The lowest BCUT2D eigenvalue weighted by Gasteiger charge is -2.21. The maximum absolute atomic E-state index is 12.9. The zero-order valence-corrected chi connectivity index (χ0v) is 22.1. The lowest BCUT2D eigenvalue weighted by molar-refractivity contribution is -0.146. The SMILES string of the molecule is CCCCCCC[C@@H](C)Oc1ccc(/C=C2/SC(=S)N([C@H](CC(N)=O)C(=O)O)C2=O)cc1OCC. The number of unbranched alkanes of at least 4 members (excludes halogenated alkanes) is 4. The third kappa shape index (κ3) is 8.54. The summed E-state index contributed by atoms with van der Waals surface area (Å²) >= 11 is 6.20. The Labute approximate surface area is 216 Å². The molecule has 0 unspecified atom stereocenters. The second-order valence-corrected chi connectivity index (χ2v) is 10.0. The van der Waals surface area contributed by atoms with Gasteiger partial charge >= 0.3 is 5.97 Å². The monoisotopic (exact) mass is 522 g/mol. The molecule has 0 saturated carbocycles. The summed E-state index contributed by atoms with van der Waals surface area (Å²) in [6.07, 6.45) is 8.10. The summed E-state index contributed by atoms with van der Waals surface area (Å²) in [6, 6.07) is 3.94. The predicted octanol–water partition coefficient (Wildman–Crippen LogP) is 4.74. The van der Waals surface area contributed by atoms with Gasteiger partial charge in [0.05, 0.1) is 24.0 Å². The number of hydrogen-bond acceptors (Lipinski definition) is 7. The fraction of sp³-hybridized carbons (Fsp3) is 0.520. The van der Waals surface area contributed by atoms with Gasteiger partial charge in [-0.05, 0) is 50.5 Å². The van der Waals surface area contributed by atoms with Gasteiger partial charge in [-0.25, -0.2) is 4.79 Å². The Hall–Kier alpha value is -2.59. The molecule has 1 heterocycles. The Morgan fingerprint density at radius 3 is 2.54 bits per heavy atom. The molecule has 10 heteroatoms. The maximum atomic E-state index is 12.9. The highest BCUT2D eigenvalue weighted by molar-refractivity contribution is 8.26. The van der Waals surface area contributed by atoms with Gasteiger partial charge in [0.1, 0.15) is 10.4 Å². The minimum absolute atomic E-state index is 0.0381. The molecule has 2 atom stereocenters. The molecule has 1 aliphatic heterocycles. The number of carboxylic acid groups (broad SMARTS) is 1. The van der Waals surface area contributed by atoms with E-state index in [4.69, 9.17) is 27.4 Å². The smallest absolute Gasteiger partial charge is 0.327 e. The van der Waals surface area contributed by atoms with Crippen LogP contribution in [0.4, 0.5) is 0 Å². The summed E-state index contributed by atoms with van der Waals surface area (Å²) in [6.45, 7) is 6.56. The number of carboxylic acids is 1. The normalized spacial score (nSPS) is 16.4. The van der Waals surface area contributed by atoms with Gasteiger partial charge < -0.3 is 20.3 Å². The van der Waals surface area contributed by atoms with Crippen molar-refractivity contribution >= 4 is 52.2 Å². The number of thiocarbonyl (C=S) groups is 1. The number of amides is 2. The van der Waals surface area contributed by atoms with Crippen molar-refractivity contribution in [3.8, 4) is 11.5 Å². The summed E-state index contributed by atoms with van der Waals surface area (Å²) in [5, 5.41) is 9.46. The van der Waals surface area contributed by atoms with Crippen LogP contribution in [0.3, 0.4) is 0 Å². The second-order valence-electron chi connectivity index (χ2n) is 8.35. The van der Waals surface area contributed by atoms with Crippen LogP contribution >= 0.6 is 24.0 Å². The van der Waals surface area contributed by atoms with Crippen molar-refractivity contribution in [3.05, 3.63) is 28.7 Å². The van der Waals surface area contributed by atoms with Crippen molar-refractivity contribution in [2.24, 2.45) is 5.73 Å². The number of primary amides is 1. The number of hydrogen-bond donors (Lipinski definition) is 2. The molecule has 0 bridgehead atoms. The van der Waals surface area contributed by atoms with Crippen LogP contribution in [0.1, 0.15) is 71.3 Å². The van der Waals surface area contributed by atoms with Crippen LogP contribution < -0.4 is 15.2 Å². The number of aliphatic carboxylic acids is 1. The number of rotatable bonds is 15. The third-order valence-corrected chi connectivity index (χ3v) is 6.75. The van der Waals surface area contributed by atoms with Crippen LogP contribution in [0.5, 0.6) is 11.5 Å². The quantitative estimate of drug-likeness (QED) is 0.193. The van der Waals surface area contributed by atoms with E-state index in [9.17, 15) is 19.5 Å². The fourth-order valence-corrected chi connectivity index (χ4v) is 5.03. The molecule has 2 rings (SSSR count). The lowest BCUT2D eigenvalue weighted by Crippen LogP contribution is -2.46. The fourth-order valence-electron chi connectivity index (χ4n) is 3.67. The third-order valence-electron chi connectivity index (χ3n) is 5.42. The summed E-state index contributed by atoms with van der Waals surface area (Å²) < 4.78 is 12.0. The molecule has 1 aromatic carbocycles. The van der Waals surface area contributed by atoms with Gasteiger partial charge in [0.25, 0.3) is 5.91 Å². The molecular weight excluding hydrogens is 488 g/mol. The van der Waals surface area contributed by atoms with Gasteiger partial charge in [-0.3, -0.25) is 14.5 Å². The average molecular weight is 523 g/mol. The standard InChI is InChI=1S/C25H34N2O6S2/c1-4-6-7-8-9-10-16(3)33-19-12-11-17(13-20(19)32-5-2)14-21-23(29)27(25(34)35-21)18(24(30)31)15-22(26)28/h11-14,16,18H,4-10,15H2,1-3H3,(H2,26,28)(H,30,31)/b21-14+/t16-,18-/m1/s1. The van der Waals surface area contributed by atoms with E-state index in [1.807, 2.05) is 13.8 Å². The molecule has 0 aliphatic carbocycles. The van der Waals surface area contributed by atoms with E-state index in [0.29, 0.717) is 23.7 Å². The largest absolute Gasteiger partial charge is 0.490 e. The van der Waals surface area contributed by atoms with Crippen LogP contribution in [-0.2, 0) is 14.4 Å². The number of carbonyl (C=O) groups excluding carboxylic acids is 2. The summed E-state index contributed by atoms with van der Waals surface area (Å²) in [5.41, 5.74) is 5.83. The number of carbonyl (C=O) groups is 3. The van der Waals surface area contributed by atoms with Crippen molar-refractivity contribution in [3.63, 3.8) is 0 Å². The molecule has 1 saturated heterocycles. The Bertz CT molecular complexity index is 965. The molecule has 0 radical (unpaired) electrons. The Kier molecular flexibility index (Phi) is 11.5. The first-order valence-corrected chi connectivity index (χ1v) is 13.1. The zero-order chi connectivity index (χ0) is 26.0. The van der Waals surface area contributed by atoms with Crippen LogP contribution in [0.2, 0.25) is 0 Å². The topological polar surface area (TPSA) is 119 Å². The molecule has 1 aromatic rings. The minimum atomic E-state index is -1.44. The van der Waals surface area contributed by atoms with Crippen molar-refractivity contribution in [2.45, 2.75) is 77.9 Å². The molecule has 0 aromatic heterocycles. The molecule has 1 fully saturated rings. The number of thioether (sulfide) groups is 1. The highest BCUT2D eigenvalue weighted by atomic mass is 32.2. The van der Waals surface area contributed by atoms with Crippen molar-refractivity contribution in [2.75, 3.05) is 6.61 Å². The highest BCUT2D eigenvalue weighted by Gasteiger charge is 2.41. The van der Waals surface area contributed by atoms with Gasteiger partial charge in [0.15, 0.2) is 11.5 Å². The van der Waals surface area contributed by atoms with Gasteiger partial charge in [-0.15, -0.1) is 0 Å². The van der Waals surface area contributed by atoms with E-state index in [1.54, 1.807) is 24.3 Å². The van der Waals surface area contributed by atoms with E-state index in [1.165, 1.54) is 25.7 Å². The first-order chi connectivity index (χ1) is 16.7. The lowest BCUT2D eigenvalue weighted by atomic mass is 10.1. The van der Waals surface area contributed by atoms with Gasteiger partial charge in [0.2, 0.25) is 5.91 Å². The molecule has 8 nitrogen and oxygen atoms in total. The minimum Gasteiger partial charge on any atom is -0.490 e. The van der Waals surface area contributed by atoms with Crippen molar-refractivity contribution in [1.82, 2.24) is 4.90 Å². The highest BCUT2D eigenvalue weighted by Crippen LogP contribution is 2.36. The molecule has 3 N–H and O–H groups in total. The number of nitrogens with zero attached hydrogens (tertiary/aromatic N) is 1. The van der Waals surface area contributed by atoms with Crippen molar-refractivity contribution < 1.29 is 29.0 Å². The maximum Gasteiger partial charge on any atom is 0.327 e. The molecular formula is C25H34N2O6S2. The first kappa shape index (κ1) is 28.6. The van der Waals surface area contributed by atoms with Crippen molar-refractivity contribution in [1.29, 1.82) is 0 Å². The number of benzene rings is 1.